The Hall–Kier alpha value is -2.08. The molecule has 1 aliphatic heterocycles. The van der Waals surface area contributed by atoms with E-state index in [-0.39, 0.29) is 24.5 Å². The van der Waals surface area contributed by atoms with Crippen molar-refractivity contribution in [3.8, 4) is 5.75 Å². The average Bonchev–Trinajstić information content (AvgIpc) is 3.06. The first-order chi connectivity index (χ1) is 12.0. The number of likely N-dealkylation sites (tertiary alicyclic amines) is 1. The number of carbonyl (C=O) groups is 2. The number of ether oxygens (including phenoxy) is 1. The highest BCUT2D eigenvalue weighted by Gasteiger charge is 2.28. The fourth-order valence-corrected chi connectivity index (χ4v) is 3.09. The van der Waals surface area contributed by atoms with Crippen LogP contribution in [0.2, 0.25) is 0 Å². The lowest BCUT2D eigenvalue weighted by atomic mass is 10.0. The molecule has 138 valence electrons. The topological polar surface area (TPSA) is 84.7 Å². The molecule has 1 aromatic carbocycles. The maximum Gasteiger partial charge on any atom is 0.257 e. The van der Waals surface area contributed by atoms with E-state index in [9.17, 15) is 9.59 Å². The van der Waals surface area contributed by atoms with Gasteiger partial charge in [-0.1, -0.05) is 26.0 Å². The molecular weight excluding hydrogens is 318 g/mol. The summed E-state index contributed by atoms with van der Waals surface area (Å²) in [5.74, 6) is 0.747. The van der Waals surface area contributed by atoms with Crippen molar-refractivity contribution in [1.29, 1.82) is 0 Å². The lowest BCUT2D eigenvalue weighted by Crippen LogP contribution is -2.41. The van der Waals surface area contributed by atoms with E-state index in [2.05, 4.69) is 30.1 Å². The summed E-state index contributed by atoms with van der Waals surface area (Å²) in [6.45, 7) is 6.48. The van der Waals surface area contributed by atoms with Gasteiger partial charge in [-0.05, 0) is 49.4 Å². The van der Waals surface area contributed by atoms with E-state index >= 15 is 0 Å². The summed E-state index contributed by atoms with van der Waals surface area (Å²) < 4.78 is 5.55. The number of nitrogens with one attached hydrogen (secondary N) is 1. The third-order valence-electron chi connectivity index (χ3n) is 4.53. The Labute approximate surface area is 149 Å². The second kappa shape index (κ2) is 9.42. The van der Waals surface area contributed by atoms with Crippen molar-refractivity contribution in [2.24, 2.45) is 5.73 Å². The minimum absolute atomic E-state index is 0.00910. The van der Waals surface area contributed by atoms with Crippen LogP contribution >= 0.6 is 0 Å². The van der Waals surface area contributed by atoms with Crippen molar-refractivity contribution in [1.82, 2.24) is 10.2 Å². The van der Waals surface area contributed by atoms with Gasteiger partial charge in [-0.25, -0.2) is 0 Å². The van der Waals surface area contributed by atoms with Gasteiger partial charge in [0.15, 0.2) is 6.61 Å². The van der Waals surface area contributed by atoms with Crippen molar-refractivity contribution in [2.45, 2.75) is 45.1 Å². The van der Waals surface area contributed by atoms with E-state index in [1.165, 1.54) is 5.56 Å². The van der Waals surface area contributed by atoms with Gasteiger partial charge >= 0.3 is 0 Å². The van der Waals surface area contributed by atoms with Crippen LogP contribution in [-0.2, 0) is 9.59 Å². The molecule has 0 bridgehead atoms. The van der Waals surface area contributed by atoms with Gasteiger partial charge in [0.1, 0.15) is 5.75 Å². The van der Waals surface area contributed by atoms with Gasteiger partial charge in [-0.15, -0.1) is 0 Å². The number of carbonyl (C=O) groups excluding carboxylic acids is 2. The molecule has 0 aliphatic carbocycles. The van der Waals surface area contributed by atoms with E-state index in [4.69, 9.17) is 10.5 Å². The van der Waals surface area contributed by atoms with Crippen LogP contribution in [0.1, 0.15) is 44.6 Å². The van der Waals surface area contributed by atoms with Crippen LogP contribution < -0.4 is 15.8 Å². The molecule has 0 saturated carbocycles. The molecule has 1 heterocycles. The predicted octanol–water partition coefficient (Wildman–Crippen LogP) is 1.64. The molecule has 0 unspecified atom stereocenters. The normalized spacial score (nSPS) is 17.6. The standard InChI is InChI=1S/C19H29N3O3/c1-14(2)15-6-3-7-16(12-15)25-13-18(23)21-9-5-11-22-10-4-8-17(22)19(20)24/h3,6-7,12,14,17H,4-5,8-11,13H2,1-2H3,(H2,20,24)(H,21,23)/t17-/m0/s1. The summed E-state index contributed by atoms with van der Waals surface area (Å²) in [6.07, 6.45) is 2.63. The summed E-state index contributed by atoms with van der Waals surface area (Å²) in [4.78, 5) is 25.3. The van der Waals surface area contributed by atoms with Crippen LogP contribution in [-0.4, -0.2) is 49.0 Å². The largest absolute Gasteiger partial charge is 0.484 e. The molecule has 0 aromatic heterocycles. The Bertz CT molecular complexity index is 589. The second-order valence-corrected chi connectivity index (χ2v) is 6.82. The fourth-order valence-electron chi connectivity index (χ4n) is 3.09. The first kappa shape index (κ1) is 19.2. The van der Waals surface area contributed by atoms with Crippen molar-refractivity contribution in [3.63, 3.8) is 0 Å². The van der Waals surface area contributed by atoms with E-state index < -0.39 is 0 Å². The van der Waals surface area contributed by atoms with Crippen LogP contribution in [0.5, 0.6) is 5.75 Å². The number of amides is 2. The predicted molar refractivity (Wildman–Crippen MR) is 97.4 cm³/mol. The van der Waals surface area contributed by atoms with Crippen LogP contribution in [0.15, 0.2) is 24.3 Å². The molecule has 1 atom stereocenters. The molecule has 1 aliphatic rings. The maximum absolute atomic E-state index is 11.9. The molecule has 2 rings (SSSR count). The van der Waals surface area contributed by atoms with E-state index in [0.29, 0.717) is 18.2 Å². The first-order valence-electron chi connectivity index (χ1n) is 9.00. The molecule has 1 aromatic rings. The SMILES string of the molecule is CC(C)c1cccc(OCC(=O)NCCCN2CCC[C@H]2C(N)=O)c1. The Kier molecular flexibility index (Phi) is 7.25. The molecule has 2 amide bonds. The minimum Gasteiger partial charge on any atom is -0.484 e. The van der Waals surface area contributed by atoms with Crippen molar-refractivity contribution in [3.05, 3.63) is 29.8 Å². The monoisotopic (exact) mass is 347 g/mol. The van der Waals surface area contributed by atoms with Crippen molar-refractivity contribution < 1.29 is 14.3 Å². The molecule has 6 heteroatoms. The summed E-state index contributed by atoms with van der Waals surface area (Å²) in [5, 5.41) is 2.85. The Balaban J connectivity index is 1.64. The number of nitrogens with zero attached hydrogens (tertiary/aromatic N) is 1. The molecule has 3 N–H and O–H groups in total. The molecule has 25 heavy (non-hydrogen) atoms. The third-order valence-corrected chi connectivity index (χ3v) is 4.53. The van der Waals surface area contributed by atoms with Crippen LogP contribution in [0.3, 0.4) is 0 Å². The average molecular weight is 347 g/mol. The summed E-state index contributed by atoms with van der Waals surface area (Å²) in [5.41, 5.74) is 6.59. The zero-order valence-electron chi connectivity index (χ0n) is 15.2. The fraction of sp³-hybridized carbons (Fsp3) is 0.579. The molecule has 1 saturated heterocycles. The molecule has 0 spiro atoms. The zero-order valence-corrected chi connectivity index (χ0v) is 15.2. The van der Waals surface area contributed by atoms with Gasteiger partial charge in [0.25, 0.3) is 5.91 Å². The minimum atomic E-state index is -0.251. The van der Waals surface area contributed by atoms with Crippen molar-refractivity contribution in [2.75, 3.05) is 26.2 Å². The molecular formula is C19H29N3O3. The van der Waals surface area contributed by atoms with Crippen molar-refractivity contribution >= 4 is 11.8 Å². The molecule has 0 radical (unpaired) electrons. The summed E-state index contributed by atoms with van der Waals surface area (Å²) >= 11 is 0. The zero-order chi connectivity index (χ0) is 18.2. The van der Waals surface area contributed by atoms with E-state index in [1.807, 2.05) is 18.2 Å². The third kappa shape index (κ3) is 6.05. The Morgan fingerprint density at radius 3 is 2.92 bits per heavy atom. The highest BCUT2D eigenvalue weighted by Crippen LogP contribution is 2.20. The van der Waals surface area contributed by atoms with Crippen LogP contribution in [0, 0.1) is 0 Å². The number of hydrogen-bond acceptors (Lipinski definition) is 4. The van der Waals surface area contributed by atoms with E-state index in [1.54, 1.807) is 0 Å². The number of primary amides is 1. The maximum atomic E-state index is 11.9. The van der Waals surface area contributed by atoms with Gasteiger partial charge in [-0.2, -0.15) is 0 Å². The molecule has 1 fully saturated rings. The van der Waals surface area contributed by atoms with Gasteiger partial charge in [0.05, 0.1) is 6.04 Å². The highest BCUT2D eigenvalue weighted by molar-refractivity contribution is 5.80. The van der Waals surface area contributed by atoms with Gasteiger partial charge in [0.2, 0.25) is 5.91 Å². The highest BCUT2D eigenvalue weighted by atomic mass is 16.5. The summed E-state index contributed by atoms with van der Waals surface area (Å²) in [6, 6.07) is 7.67. The van der Waals surface area contributed by atoms with Gasteiger partial charge in [0, 0.05) is 13.1 Å². The number of benzene rings is 1. The lowest BCUT2D eigenvalue weighted by Gasteiger charge is -2.21. The van der Waals surface area contributed by atoms with E-state index in [0.717, 1.165) is 32.4 Å². The first-order valence-corrected chi connectivity index (χ1v) is 9.00. The molecule has 6 nitrogen and oxygen atoms in total. The number of nitrogens with two attached hydrogens (primary N) is 1. The number of rotatable bonds is 9. The van der Waals surface area contributed by atoms with Crippen LogP contribution in [0.25, 0.3) is 0 Å². The van der Waals surface area contributed by atoms with Gasteiger partial charge in [-0.3, -0.25) is 14.5 Å². The quantitative estimate of drug-likeness (QED) is 0.665. The number of hydrogen-bond donors (Lipinski definition) is 2. The lowest BCUT2D eigenvalue weighted by molar-refractivity contribution is -0.124. The smallest absolute Gasteiger partial charge is 0.257 e. The Morgan fingerprint density at radius 1 is 1.40 bits per heavy atom. The summed E-state index contributed by atoms with van der Waals surface area (Å²) in [7, 11) is 0. The Morgan fingerprint density at radius 2 is 2.20 bits per heavy atom. The van der Waals surface area contributed by atoms with Crippen LogP contribution in [0.4, 0.5) is 0 Å². The van der Waals surface area contributed by atoms with Gasteiger partial charge < -0.3 is 15.8 Å². The second-order valence-electron chi connectivity index (χ2n) is 6.82.